The average molecular weight is 263 g/mol. The van der Waals surface area contributed by atoms with E-state index in [-0.39, 0.29) is 0 Å². The zero-order valence-electron chi connectivity index (χ0n) is 11.8. The van der Waals surface area contributed by atoms with Crippen molar-refractivity contribution in [1.82, 2.24) is 4.90 Å². The first-order chi connectivity index (χ1) is 9.93. The molecule has 0 N–H and O–H groups in total. The third-order valence-corrected chi connectivity index (χ3v) is 3.95. The molecule has 0 spiro atoms. The van der Waals surface area contributed by atoms with Crippen LogP contribution in [0.15, 0.2) is 66.7 Å². The van der Waals surface area contributed by atoms with Crippen molar-refractivity contribution in [1.29, 1.82) is 0 Å². The van der Waals surface area contributed by atoms with Crippen molar-refractivity contribution in [2.45, 2.75) is 18.9 Å². The van der Waals surface area contributed by atoms with Crippen LogP contribution in [-0.2, 0) is 0 Å². The van der Waals surface area contributed by atoms with Gasteiger partial charge in [-0.3, -0.25) is 4.90 Å². The van der Waals surface area contributed by atoms with Crippen molar-refractivity contribution < 1.29 is 0 Å². The van der Waals surface area contributed by atoms with E-state index in [1.54, 1.807) is 0 Å². The molecular formula is C19H21N. The summed E-state index contributed by atoms with van der Waals surface area (Å²) < 4.78 is 0. The quantitative estimate of drug-likeness (QED) is 0.783. The molecule has 1 saturated heterocycles. The molecule has 1 heterocycles. The smallest absolute Gasteiger partial charge is 0.0534 e. The van der Waals surface area contributed by atoms with Crippen LogP contribution in [0.4, 0.5) is 0 Å². The Morgan fingerprint density at radius 2 is 1.40 bits per heavy atom. The Morgan fingerprint density at radius 3 is 2.05 bits per heavy atom. The van der Waals surface area contributed by atoms with E-state index < -0.39 is 0 Å². The minimum absolute atomic E-state index is 0.402. The van der Waals surface area contributed by atoms with E-state index in [2.05, 4.69) is 77.7 Å². The second-order valence-electron chi connectivity index (χ2n) is 5.37. The SMILES string of the molecule is C(=C\[C@@H](c1ccccc1)N1CCCC1)/c1ccccc1. The monoisotopic (exact) mass is 263 g/mol. The van der Waals surface area contributed by atoms with Crippen LogP contribution in [0.2, 0.25) is 0 Å². The fraction of sp³-hybridized carbons (Fsp3) is 0.263. The summed E-state index contributed by atoms with van der Waals surface area (Å²) in [6, 6.07) is 21.8. The highest BCUT2D eigenvalue weighted by molar-refractivity contribution is 5.50. The van der Waals surface area contributed by atoms with Gasteiger partial charge in [0.05, 0.1) is 6.04 Å². The summed E-state index contributed by atoms with van der Waals surface area (Å²) in [6.45, 7) is 2.41. The van der Waals surface area contributed by atoms with Gasteiger partial charge in [-0.2, -0.15) is 0 Å². The molecule has 1 nitrogen and oxygen atoms in total. The van der Waals surface area contributed by atoms with E-state index >= 15 is 0 Å². The van der Waals surface area contributed by atoms with Gasteiger partial charge in [0.2, 0.25) is 0 Å². The van der Waals surface area contributed by atoms with E-state index in [9.17, 15) is 0 Å². The van der Waals surface area contributed by atoms with Gasteiger partial charge in [-0.1, -0.05) is 72.8 Å². The lowest BCUT2D eigenvalue weighted by Crippen LogP contribution is -2.24. The maximum atomic E-state index is 2.58. The van der Waals surface area contributed by atoms with Gasteiger partial charge < -0.3 is 0 Å². The van der Waals surface area contributed by atoms with Gasteiger partial charge >= 0.3 is 0 Å². The summed E-state index contributed by atoms with van der Waals surface area (Å²) in [4.78, 5) is 2.58. The summed E-state index contributed by atoms with van der Waals surface area (Å²) >= 11 is 0. The Balaban J connectivity index is 1.84. The summed E-state index contributed by atoms with van der Waals surface area (Å²) in [7, 11) is 0. The fourth-order valence-electron chi connectivity index (χ4n) is 2.88. The third kappa shape index (κ3) is 3.17. The van der Waals surface area contributed by atoms with E-state index in [4.69, 9.17) is 0 Å². The molecule has 1 atom stereocenters. The lowest BCUT2D eigenvalue weighted by atomic mass is 10.0. The Morgan fingerprint density at radius 1 is 0.800 bits per heavy atom. The topological polar surface area (TPSA) is 3.24 Å². The van der Waals surface area contributed by atoms with Crippen LogP contribution in [0, 0.1) is 0 Å². The van der Waals surface area contributed by atoms with Crippen molar-refractivity contribution >= 4 is 6.08 Å². The first kappa shape index (κ1) is 13.1. The fourth-order valence-corrected chi connectivity index (χ4v) is 2.88. The lowest BCUT2D eigenvalue weighted by Gasteiger charge is -2.25. The highest BCUT2D eigenvalue weighted by Gasteiger charge is 2.20. The summed E-state index contributed by atoms with van der Waals surface area (Å²) in [5.41, 5.74) is 2.66. The zero-order valence-corrected chi connectivity index (χ0v) is 11.8. The predicted molar refractivity (Wildman–Crippen MR) is 85.5 cm³/mol. The summed E-state index contributed by atoms with van der Waals surface area (Å²) in [6.07, 6.45) is 7.23. The van der Waals surface area contributed by atoms with Gasteiger partial charge in [-0.05, 0) is 37.1 Å². The van der Waals surface area contributed by atoms with Crippen LogP contribution in [0.5, 0.6) is 0 Å². The number of benzene rings is 2. The third-order valence-electron chi connectivity index (χ3n) is 3.95. The first-order valence-electron chi connectivity index (χ1n) is 7.46. The Hall–Kier alpha value is -1.86. The van der Waals surface area contributed by atoms with Crippen LogP contribution in [0.25, 0.3) is 6.08 Å². The van der Waals surface area contributed by atoms with E-state index in [0.29, 0.717) is 6.04 Å². The average Bonchev–Trinajstić information content (AvgIpc) is 3.04. The van der Waals surface area contributed by atoms with Gasteiger partial charge in [0.15, 0.2) is 0 Å². The minimum atomic E-state index is 0.402. The van der Waals surface area contributed by atoms with Gasteiger partial charge in [0.1, 0.15) is 0 Å². The maximum absolute atomic E-state index is 2.58. The van der Waals surface area contributed by atoms with Crippen molar-refractivity contribution in [3.63, 3.8) is 0 Å². The van der Waals surface area contributed by atoms with Crippen LogP contribution < -0.4 is 0 Å². The van der Waals surface area contributed by atoms with E-state index in [0.717, 1.165) is 0 Å². The van der Waals surface area contributed by atoms with Crippen molar-refractivity contribution in [3.05, 3.63) is 77.9 Å². The molecule has 1 fully saturated rings. The molecule has 0 radical (unpaired) electrons. The molecule has 0 amide bonds. The van der Waals surface area contributed by atoms with Gasteiger partial charge in [-0.25, -0.2) is 0 Å². The lowest BCUT2D eigenvalue weighted by molar-refractivity contribution is 0.289. The first-order valence-corrected chi connectivity index (χ1v) is 7.46. The maximum Gasteiger partial charge on any atom is 0.0534 e. The second kappa shape index (κ2) is 6.53. The van der Waals surface area contributed by atoms with Crippen LogP contribution in [0.3, 0.4) is 0 Å². The highest BCUT2D eigenvalue weighted by atomic mass is 15.2. The number of rotatable bonds is 4. The predicted octanol–water partition coefficient (Wildman–Crippen LogP) is 4.54. The number of likely N-dealkylation sites (tertiary alicyclic amines) is 1. The number of hydrogen-bond acceptors (Lipinski definition) is 1. The summed E-state index contributed by atoms with van der Waals surface area (Å²) in [5, 5.41) is 0. The number of nitrogens with zero attached hydrogens (tertiary/aromatic N) is 1. The van der Waals surface area contributed by atoms with Gasteiger partial charge in [0, 0.05) is 0 Å². The Bertz CT molecular complexity index is 538. The number of hydrogen-bond donors (Lipinski definition) is 0. The van der Waals surface area contributed by atoms with Crippen LogP contribution in [-0.4, -0.2) is 18.0 Å². The van der Waals surface area contributed by atoms with Gasteiger partial charge in [-0.15, -0.1) is 0 Å². The van der Waals surface area contributed by atoms with E-state index in [1.807, 2.05) is 0 Å². The molecule has 1 heteroatoms. The molecule has 1 aliphatic heterocycles. The van der Waals surface area contributed by atoms with Crippen LogP contribution in [0.1, 0.15) is 30.0 Å². The minimum Gasteiger partial charge on any atom is -0.293 e. The highest BCUT2D eigenvalue weighted by Crippen LogP contribution is 2.26. The normalized spacial score (nSPS) is 17.6. The molecule has 0 aliphatic carbocycles. The molecule has 0 unspecified atom stereocenters. The molecule has 20 heavy (non-hydrogen) atoms. The zero-order chi connectivity index (χ0) is 13.6. The molecule has 102 valence electrons. The molecule has 0 saturated carbocycles. The molecule has 3 rings (SSSR count). The molecular weight excluding hydrogens is 242 g/mol. The standard InChI is InChI=1S/C19H21N/c1-3-9-17(10-4-1)13-14-19(20-15-7-8-16-20)18-11-5-2-6-12-18/h1-6,9-14,19H,7-8,15-16H2/b14-13+/t19-/m0/s1. The Kier molecular flexibility index (Phi) is 4.29. The molecule has 1 aliphatic rings. The van der Waals surface area contributed by atoms with E-state index in [1.165, 1.54) is 37.1 Å². The second-order valence-corrected chi connectivity index (χ2v) is 5.37. The largest absolute Gasteiger partial charge is 0.293 e. The molecule has 2 aromatic carbocycles. The molecule has 0 aromatic heterocycles. The van der Waals surface area contributed by atoms with Gasteiger partial charge in [0.25, 0.3) is 0 Å². The van der Waals surface area contributed by atoms with Crippen molar-refractivity contribution in [2.75, 3.05) is 13.1 Å². The summed E-state index contributed by atoms with van der Waals surface area (Å²) in [5.74, 6) is 0. The van der Waals surface area contributed by atoms with Crippen LogP contribution >= 0.6 is 0 Å². The molecule has 2 aromatic rings. The molecule has 0 bridgehead atoms. The van der Waals surface area contributed by atoms with Crippen molar-refractivity contribution in [2.24, 2.45) is 0 Å². The van der Waals surface area contributed by atoms with Crippen molar-refractivity contribution in [3.8, 4) is 0 Å². The Labute approximate surface area is 121 Å².